The molecule has 0 bridgehead atoms. The van der Waals surface area contributed by atoms with Crippen LogP contribution in [0.4, 0.5) is 17.1 Å². The SMILES string of the molecule is CS(=O)(=O)CCNCc1cccc(N2C=Cc3cncc(Nc4ccc(OCc5ccccc5)cc4)c3C2)c1. The zero-order chi connectivity index (χ0) is 27.1. The van der Waals surface area contributed by atoms with Gasteiger partial charge in [0.25, 0.3) is 0 Å². The molecule has 0 saturated heterocycles. The number of anilines is 3. The summed E-state index contributed by atoms with van der Waals surface area (Å²) in [5.74, 6) is 0.948. The number of rotatable bonds is 11. The van der Waals surface area contributed by atoms with Gasteiger partial charge in [-0.05, 0) is 53.6 Å². The molecule has 2 N–H and O–H groups in total. The first kappa shape index (κ1) is 26.5. The summed E-state index contributed by atoms with van der Waals surface area (Å²) in [4.78, 5) is 6.64. The highest BCUT2D eigenvalue weighted by Crippen LogP contribution is 2.31. The molecule has 0 spiro atoms. The van der Waals surface area contributed by atoms with Crippen molar-refractivity contribution >= 4 is 33.0 Å². The van der Waals surface area contributed by atoms with E-state index in [1.807, 2.05) is 67.0 Å². The van der Waals surface area contributed by atoms with Crippen LogP contribution >= 0.6 is 0 Å². The predicted molar refractivity (Wildman–Crippen MR) is 158 cm³/mol. The number of hydrogen-bond donors (Lipinski definition) is 2. The lowest BCUT2D eigenvalue weighted by molar-refractivity contribution is 0.306. The normalized spacial score (nSPS) is 12.7. The van der Waals surface area contributed by atoms with Gasteiger partial charge in [-0.1, -0.05) is 42.5 Å². The highest BCUT2D eigenvalue weighted by molar-refractivity contribution is 7.90. The molecule has 0 atom stereocenters. The van der Waals surface area contributed by atoms with Gasteiger partial charge in [-0.25, -0.2) is 8.42 Å². The van der Waals surface area contributed by atoms with E-state index in [2.05, 4.69) is 57.1 Å². The minimum Gasteiger partial charge on any atom is -0.489 e. The Morgan fingerprint density at radius 1 is 0.949 bits per heavy atom. The van der Waals surface area contributed by atoms with Crippen molar-refractivity contribution in [1.82, 2.24) is 10.3 Å². The van der Waals surface area contributed by atoms with E-state index in [4.69, 9.17) is 4.74 Å². The molecule has 1 aromatic heterocycles. The Kier molecular flexibility index (Phi) is 8.24. The number of sulfone groups is 1. The molecule has 7 nitrogen and oxygen atoms in total. The smallest absolute Gasteiger partial charge is 0.148 e. The lowest BCUT2D eigenvalue weighted by Crippen LogP contribution is -2.23. The molecule has 8 heteroatoms. The second-order valence-corrected chi connectivity index (χ2v) is 11.9. The van der Waals surface area contributed by atoms with E-state index in [9.17, 15) is 8.42 Å². The lowest BCUT2D eigenvalue weighted by atomic mass is 10.0. The van der Waals surface area contributed by atoms with Crippen molar-refractivity contribution in [2.45, 2.75) is 19.7 Å². The van der Waals surface area contributed by atoms with E-state index in [0.717, 1.165) is 45.1 Å². The van der Waals surface area contributed by atoms with Crippen LogP contribution in [0.25, 0.3) is 6.08 Å². The van der Waals surface area contributed by atoms with Crippen LogP contribution in [0.2, 0.25) is 0 Å². The molecule has 0 radical (unpaired) electrons. The molecule has 3 aromatic carbocycles. The van der Waals surface area contributed by atoms with Crippen molar-refractivity contribution in [3.8, 4) is 5.75 Å². The third-order valence-corrected chi connectivity index (χ3v) is 7.40. The minimum absolute atomic E-state index is 0.131. The van der Waals surface area contributed by atoms with E-state index in [1.165, 1.54) is 6.26 Å². The summed E-state index contributed by atoms with van der Waals surface area (Å²) in [6, 6.07) is 26.4. The summed E-state index contributed by atoms with van der Waals surface area (Å²) in [7, 11) is -2.97. The molecule has 1 aliphatic rings. The summed E-state index contributed by atoms with van der Waals surface area (Å²) in [6.07, 6.45) is 9.15. The molecule has 39 heavy (non-hydrogen) atoms. The number of benzene rings is 3. The topological polar surface area (TPSA) is 83.6 Å². The van der Waals surface area contributed by atoms with Crippen LogP contribution in [-0.4, -0.2) is 32.0 Å². The summed E-state index contributed by atoms with van der Waals surface area (Å²) >= 11 is 0. The zero-order valence-corrected chi connectivity index (χ0v) is 22.7. The van der Waals surface area contributed by atoms with Crippen LogP contribution in [0.15, 0.2) is 97.5 Å². The fourth-order valence-electron chi connectivity index (χ4n) is 4.37. The third-order valence-electron chi connectivity index (χ3n) is 6.46. The highest BCUT2D eigenvalue weighted by Gasteiger charge is 2.17. The number of hydrogen-bond acceptors (Lipinski definition) is 7. The Morgan fingerprint density at radius 2 is 1.74 bits per heavy atom. The van der Waals surface area contributed by atoms with Crippen molar-refractivity contribution in [2.75, 3.05) is 28.8 Å². The molecule has 0 aliphatic carbocycles. The number of nitrogens with zero attached hydrogens (tertiary/aromatic N) is 2. The van der Waals surface area contributed by atoms with Crippen LogP contribution in [0.3, 0.4) is 0 Å². The van der Waals surface area contributed by atoms with E-state index in [1.54, 1.807) is 0 Å². The standard InChI is InChI=1S/C31H32N4O3S/c1-39(36,37)17-15-32-19-25-8-5-9-28(18-25)35-16-14-26-20-33-21-31(30(26)22-35)34-27-10-12-29(13-11-27)38-23-24-6-3-2-4-7-24/h2-14,16,18,20-21,32,34H,15,17,19,22-23H2,1H3. The number of pyridine rings is 1. The molecule has 5 rings (SSSR count). The van der Waals surface area contributed by atoms with Gasteiger partial charge in [0.05, 0.1) is 24.2 Å². The molecule has 2 heterocycles. The Hall–Kier alpha value is -4.14. The average molecular weight is 541 g/mol. The van der Waals surface area contributed by atoms with Gasteiger partial charge in [-0.2, -0.15) is 0 Å². The third kappa shape index (κ3) is 7.46. The van der Waals surface area contributed by atoms with E-state index < -0.39 is 9.84 Å². The molecular formula is C31H32N4O3S. The van der Waals surface area contributed by atoms with E-state index >= 15 is 0 Å². The summed E-state index contributed by atoms with van der Waals surface area (Å²) in [5.41, 5.74) is 7.46. The molecule has 0 unspecified atom stereocenters. The molecule has 4 aromatic rings. The highest BCUT2D eigenvalue weighted by atomic mass is 32.2. The van der Waals surface area contributed by atoms with Crippen molar-refractivity contribution in [2.24, 2.45) is 0 Å². The number of fused-ring (bicyclic) bond motifs is 1. The van der Waals surface area contributed by atoms with E-state index in [0.29, 0.717) is 26.2 Å². The van der Waals surface area contributed by atoms with Gasteiger partial charge in [-0.15, -0.1) is 0 Å². The lowest BCUT2D eigenvalue weighted by Gasteiger charge is -2.27. The van der Waals surface area contributed by atoms with Crippen LogP contribution in [0, 0.1) is 0 Å². The number of aromatic nitrogens is 1. The minimum atomic E-state index is -2.97. The van der Waals surface area contributed by atoms with E-state index in [-0.39, 0.29) is 5.75 Å². The molecule has 0 saturated carbocycles. The second kappa shape index (κ2) is 12.1. The number of nitrogens with one attached hydrogen (secondary N) is 2. The van der Waals surface area contributed by atoms with Crippen LogP contribution in [0.5, 0.6) is 5.75 Å². The fourth-order valence-corrected chi connectivity index (χ4v) is 4.88. The second-order valence-electron chi connectivity index (χ2n) is 9.60. The Morgan fingerprint density at radius 3 is 2.54 bits per heavy atom. The first-order valence-corrected chi connectivity index (χ1v) is 14.9. The van der Waals surface area contributed by atoms with Crippen LogP contribution in [0.1, 0.15) is 22.3 Å². The maximum Gasteiger partial charge on any atom is 0.148 e. The van der Waals surface area contributed by atoms with Gasteiger partial charge >= 0.3 is 0 Å². The molecule has 0 amide bonds. The van der Waals surface area contributed by atoms with Gasteiger partial charge < -0.3 is 20.3 Å². The Labute approximate surface area is 230 Å². The first-order chi connectivity index (χ1) is 18.9. The van der Waals surface area contributed by atoms with Crippen molar-refractivity contribution < 1.29 is 13.2 Å². The quantitative estimate of drug-likeness (QED) is 0.242. The molecular weight excluding hydrogens is 508 g/mol. The fraction of sp³-hybridized carbons (Fsp3) is 0.194. The van der Waals surface area contributed by atoms with Crippen LogP contribution < -0.4 is 20.3 Å². The van der Waals surface area contributed by atoms with Gasteiger partial charge in [-0.3, -0.25) is 4.98 Å². The van der Waals surface area contributed by atoms with Gasteiger partial charge in [0, 0.05) is 54.2 Å². The van der Waals surface area contributed by atoms with Gasteiger partial charge in [0.2, 0.25) is 0 Å². The van der Waals surface area contributed by atoms with Gasteiger partial charge in [0.1, 0.15) is 22.2 Å². The summed E-state index contributed by atoms with van der Waals surface area (Å²) in [5, 5.41) is 6.74. The molecule has 200 valence electrons. The Bertz CT molecular complexity index is 1540. The zero-order valence-electron chi connectivity index (χ0n) is 21.9. The summed E-state index contributed by atoms with van der Waals surface area (Å²) < 4.78 is 28.7. The number of ether oxygens (including phenoxy) is 1. The molecule has 1 aliphatic heterocycles. The van der Waals surface area contributed by atoms with Crippen molar-refractivity contribution in [3.05, 3.63) is 120 Å². The van der Waals surface area contributed by atoms with Crippen molar-refractivity contribution in [1.29, 1.82) is 0 Å². The maximum atomic E-state index is 11.4. The summed E-state index contributed by atoms with van der Waals surface area (Å²) in [6.45, 7) is 2.27. The van der Waals surface area contributed by atoms with Crippen molar-refractivity contribution in [3.63, 3.8) is 0 Å². The monoisotopic (exact) mass is 540 g/mol. The maximum absolute atomic E-state index is 11.4. The predicted octanol–water partition coefficient (Wildman–Crippen LogP) is 5.53. The average Bonchev–Trinajstić information content (AvgIpc) is 2.95. The van der Waals surface area contributed by atoms with Crippen LogP contribution in [-0.2, 0) is 29.5 Å². The Balaban J connectivity index is 1.23. The first-order valence-electron chi connectivity index (χ1n) is 12.9. The molecule has 0 fully saturated rings. The largest absolute Gasteiger partial charge is 0.489 e. The van der Waals surface area contributed by atoms with Gasteiger partial charge in [0.15, 0.2) is 0 Å².